The van der Waals surface area contributed by atoms with Gasteiger partial charge in [0, 0.05) is 5.69 Å². The number of rotatable bonds is 11. The van der Waals surface area contributed by atoms with Crippen molar-refractivity contribution in [1.82, 2.24) is 0 Å². The maximum absolute atomic E-state index is 13.7. The zero-order valence-corrected chi connectivity index (χ0v) is 18.1. The molecule has 0 bridgehead atoms. The average molecular weight is 427 g/mol. The Hall–Kier alpha value is -2.28. The molecular weight excluding hydrogens is 400 g/mol. The number of hydrogen-bond donors (Lipinski definition) is 1. The molecule has 0 spiro atoms. The lowest BCUT2D eigenvalue weighted by Crippen LogP contribution is -2.16. The van der Waals surface area contributed by atoms with Gasteiger partial charge in [-0.25, -0.2) is 4.39 Å². The Morgan fingerprint density at radius 3 is 2.00 bits per heavy atom. The predicted octanol–water partition coefficient (Wildman–Crippen LogP) is 5.23. The van der Waals surface area contributed by atoms with Gasteiger partial charge >= 0.3 is 7.60 Å². The summed E-state index contributed by atoms with van der Waals surface area (Å²) in [6.45, 7) is 3.78. The van der Waals surface area contributed by atoms with Crippen molar-refractivity contribution >= 4 is 13.3 Å². The molecule has 7 nitrogen and oxygen atoms in total. The highest BCUT2D eigenvalue weighted by atomic mass is 31.2. The van der Waals surface area contributed by atoms with Crippen LogP contribution in [0, 0.1) is 5.82 Å². The second-order valence-electron chi connectivity index (χ2n) is 5.89. The number of halogens is 1. The highest BCUT2D eigenvalue weighted by Crippen LogP contribution is 2.61. The van der Waals surface area contributed by atoms with Crippen molar-refractivity contribution in [2.75, 3.05) is 39.9 Å². The second kappa shape index (κ2) is 10.5. The molecule has 0 saturated heterocycles. The van der Waals surface area contributed by atoms with E-state index in [-0.39, 0.29) is 13.2 Å². The summed E-state index contributed by atoms with van der Waals surface area (Å²) in [5, 5.41) is 3.08. The summed E-state index contributed by atoms with van der Waals surface area (Å²) in [6, 6.07) is 9.15. The van der Waals surface area contributed by atoms with Crippen molar-refractivity contribution in [3.8, 4) is 17.2 Å². The maximum Gasteiger partial charge on any atom is 0.357 e. The Labute approximate surface area is 170 Å². The van der Waals surface area contributed by atoms with Gasteiger partial charge in [-0.05, 0) is 49.7 Å². The van der Waals surface area contributed by atoms with Crippen molar-refractivity contribution < 1.29 is 32.2 Å². The molecule has 0 aliphatic carbocycles. The Balaban J connectivity index is 2.64. The minimum Gasteiger partial charge on any atom is -0.493 e. The smallest absolute Gasteiger partial charge is 0.357 e. The molecular formula is C20H27FNO6P. The Bertz CT molecular complexity index is 828. The molecule has 0 saturated carbocycles. The first-order chi connectivity index (χ1) is 13.9. The van der Waals surface area contributed by atoms with Crippen LogP contribution in [0.3, 0.4) is 0 Å². The molecule has 9 heteroatoms. The summed E-state index contributed by atoms with van der Waals surface area (Å²) in [5.41, 5.74) is 0.928. The Morgan fingerprint density at radius 1 is 0.966 bits per heavy atom. The van der Waals surface area contributed by atoms with Gasteiger partial charge in [0.2, 0.25) is 5.75 Å². The fourth-order valence-corrected chi connectivity index (χ4v) is 4.80. The zero-order valence-electron chi connectivity index (χ0n) is 17.2. The summed E-state index contributed by atoms with van der Waals surface area (Å²) in [4.78, 5) is 0. The normalized spacial score (nSPS) is 12.3. The van der Waals surface area contributed by atoms with Crippen LogP contribution in [0.5, 0.6) is 17.2 Å². The molecule has 0 aliphatic rings. The van der Waals surface area contributed by atoms with Crippen LogP contribution in [0.25, 0.3) is 0 Å². The Morgan fingerprint density at radius 2 is 1.55 bits per heavy atom. The van der Waals surface area contributed by atoms with Crippen LogP contribution in [0.1, 0.15) is 25.2 Å². The third-order valence-corrected chi connectivity index (χ3v) is 6.36. The molecule has 0 heterocycles. The fourth-order valence-electron chi connectivity index (χ4n) is 2.89. The number of benzene rings is 2. The molecule has 0 amide bonds. The van der Waals surface area contributed by atoms with Crippen LogP contribution >= 0.6 is 7.60 Å². The van der Waals surface area contributed by atoms with Gasteiger partial charge in [0.15, 0.2) is 17.3 Å². The van der Waals surface area contributed by atoms with Gasteiger partial charge in [-0.15, -0.1) is 0 Å². The van der Waals surface area contributed by atoms with Crippen LogP contribution in [0.2, 0.25) is 0 Å². The molecule has 160 valence electrons. The average Bonchev–Trinajstić information content (AvgIpc) is 2.71. The first-order valence-corrected chi connectivity index (χ1v) is 10.7. The van der Waals surface area contributed by atoms with Gasteiger partial charge in [0.25, 0.3) is 0 Å². The lowest BCUT2D eigenvalue weighted by atomic mass is 10.1. The molecule has 0 fully saturated rings. The standard InChI is InChI=1S/C20H27FNO6P/c1-6-27-29(23,28-7-2)20(22-16-10-8-9-15(21)13-16)14-11-17(24-3)19(26-5)18(12-14)25-4/h8-13,20,22H,6-7H2,1-5H3. The molecule has 1 atom stereocenters. The first kappa shape index (κ1) is 23.0. The quantitative estimate of drug-likeness (QED) is 0.492. The van der Waals surface area contributed by atoms with E-state index in [1.54, 1.807) is 38.1 Å². The van der Waals surface area contributed by atoms with Gasteiger partial charge in [0.05, 0.1) is 34.5 Å². The number of ether oxygens (including phenoxy) is 3. The molecule has 0 radical (unpaired) electrons. The molecule has 1 unspecified atom stereocenters. The highest BCUT2D eigenvalue weighted by Gasteiger charge is 2.38. The van der Waals surface area contributed by atoms with Crippen molar-refractivity contribution in [1.29, 1.82) is 0 Å². The first-order valence-electron chi connectivity index (χ1n) is 9.13. The summed E-state index contributed by atoms with van der Waals surface area (Å²) in [7, 11) is 0.766. The summed E-state index contributed by atoms with van der Waals surface area (Å²) in [5.74, 6) is -0.218. The largest absolute Gasteiger partial charge is 0.493 e. The van der Waals surface area contributed by atoms with E-state index >= 15 is 0 Å². The van der Waals surface area contributed by atoms with Gasteiger partial charge in [-0.3, -0.25) is 4.57 Å². The predicted molar refractivity (Wildman–Crippen MR) is 110 cm³/mol. The van der Waals surface area contributed by atoms with E-state index in [1.807, 2.05) is 0 Å². The van der Waals surface area contributed by atoms with Crippen LogP contribution in [0.4, 0.5) is 10.1 Å². The fraction of sp³-hybridized carbons (Fsp3) is 0.400. The topological polar surface area (TPSA) is 75.3 Å². The van der Waals surface area contributed by atoms with E-state index in [1.165, 1.54) is 33.5 Å². The number of hydrogen-bond acceptors (Lipinski definition) is 7. The third kappa shape index (κ3) is 5.41. The van der Waals surface area contributed by atoms with Crippen LogP contribution < -0.4 is 19.5 Å². The SMILES string of the molecule is CCOP(=O)(OCC)C(Nc1cccc(F)c1)c1cc(OC)c(OC)c(OC)c1. The Kier molecular flexibility index (Phi) is 8.32. The van der Waals surface area contributed by atoms with E-state index in [0.29, 0.717) is 28.5 Å². The van der Waals surface area contributed by atoms with Crippen molar-refractivity contribution in [2.45, 2.75) is 19.6 Å². The molecule has 0 aromatic heterocycles. The van der Waals surface area contributed by atoms with E-state index in [0.717, 1.165) is 0 Å². The highest BCUT2D eigenvalue weighted by molar-refractivity contribution is 7.54. The number of anilines is 1. The van der Waals surface area contributed by atoms with E-state index in [2.05, 4.69) is 5.32 Å². The molecule has 2 aromatic carbocycles. The van der Waals surface area contributed by atoms with Gasteiger partial charge < -0.3 is 28.6 Å². The summed E-state index contributed by atoms with van der Waals surface area (Å²) >= 11 is 0. The monoisotopic (exact) mass is 427 g/mol. The van der Waals surface area contributed by atoms with Crippen LogP contribution in [-0.2, 0) is 13.6 Å². The van der Waals surface area contributed by atoms with Crippen molar-refractivity contribution in [3.63, 3.8) is 0 Å². The molecule has 2 rings (SSSR count). The second-order valence-corrected chi connectivity index (χ2v) is 8.00. The van der Waals surface area contributed by atoms with Gasteiger partial charge in [-0.1, -0.05) is 6.07 Å². The van der Waals surface area contributed by atoms with Gasteiger partial charge in [0.1, 0.15) is 5.82 Å². The van der Waals surface area contributed by atoms with Gasteiger partial charge in [-0.2, -0.15) is 0 Å². The zero-order chi connectivity index (χ0) is 21.4. The lowest BCUT2D eigenvalue weighted by molar-refractivity contribution is 0.214. The van der Waals surface area contributed by atoms with Crippen molar-refractivity contribution in [3.05, 3.63) is 47.8 Å². The van der Waals surface area contributed by atoms with Crippen LogP contribution in [-0.4, -0.2) is 34.5 Å². The summed E-state index contributed by atoms with van der Waals surface area (Å²) in [6.07, 6.45) is 0. The molecule has 29 heavy (non-hydrogen) atoms. The third-order valence-electron chi connectivity index (χ3n) is 4.07. The summed E-state index contributed by atoms with van der Waals surface area (Å²) < 4.78 is 54.6. The minimum atomic E-state index is -3.70. The molecule has 2 aromatic rings. The lowest BCUT2D eigenvalue weighted by Gasteiger charge is -2.29. The van der Waals surface area contributed by atoms with Crippen molar-refractivity contribution in [2.24, 2.45) is 0 Å². The van der Waals surface area contributed by atoms with E-state index in [4.69, 9.17) is 23.3 Å². The van der Waals surface area contributed by atoms with E-state index in [9.17, 15) is 8.96 Å². The number of methoxy groups -OCH3 is 3. The molecule has 1 N–H and O–H groups in total. The van der Waals surface area contributed by atoms with E-state index < -0.39 is 19.2 Å². The minimum absolute atomic E-state index is 0.170. The van der Waals surface area contributed by atoms with Crippen LogP contribution in [0.15, 0.2) is 36.4 Å². The maximum atomic E-state index is 13.7. The molecule has 0 aliphatic heterocycles. The number of nitrogens with one attached hydrogen (secondary N) is 1.